The van der Waals surface area contributed by atoms with Crippen molar-refractivity contribution < 1.29 is 9.21 Å². The van der Waals surface area contributed by atoms with Crippen LogP contribution in [0.3, 0.4) is 0 Å². The Morgan fingerprint density at radius 2 is 2.17 bits per heavy atom. The van der Waals surface area contributed by atoms with Gasteiger partial charge in [-0.05, 0) is 19.9 Å². The lowest BCUT2D eigenvalue weighted by molar-refractivity contribution is -0.129. The van der Waals surface area contributed by atoms with Crippen LogP contribution in [0.2, 0.25) is 0 Å². The first-order valence-corrected chi connectivity index (χ1v) is 6.28. The van der Waals surface area contributed by atoms with Crippen molar-refractivity contribution >= 4 is 11.9 Å². The maximum absolute atomic E-state index is 11.8. The molecule has 100 valence electrons. The van der Waals surface area contributed by atoms with Crippen molar-refractivity contribution in [3.8, 4) is 0 Å². The molecule has 1 aromatic rings. The summed E-state index contributed by atoms with van der Waals surface area (Å²) in [6.07, 6.45) is 2.70. The molecular formula is C11H19N5O2. The van der Waals surface area contributed by atoms with Gasteiger partial charge in [0.2, 0.25) is 11.8 Å². The molecule has 2 rings (SSSR count). The number of carbonyl (C=O) groups excluding carboxylic acids is 1. The van der Waals surface area contributed by atoms with Crippen molar-refractivity contribution in [2.45, 2.75) is 25.8 Å². The van der Waals surface area contributed by atoms with Crippen molar-refractivity contribution in [2.24, 2.45) is 0 Å². The van der Waals surface area contributed by atoms with Crippen molar-refractivity contribution in [2.75, 3.05) is 32.0 Å². The molecule has 1 saturated heterocycles. The third-order valence-corrected chi connectivity index (χ3v) is 2.87. The largest absolute Gasteiger partial charge is 0.407 e. The molecule has 1 aliphatic heterocycles. The number of hydrogen-bond acceptors (Lipinski definition) is 6. The van der Waals surface area contributed by atoms with E-state index in [9.17, 15) is 4.79 Å². The number of anilines is 1. The molecule has 18 heavy (non-hydrogen) atoms. The van der Waals surface area contributed by atoms with Gasteiger partial charge in [-0.25, -0.2) is 0 Å². The van der Waals surface area contributed by atoms with Gasteiger partial charge in [0.25, 0.3) is 0 Å². The second-order valence-electron chi connectivity index (χ2n) is 4.30. The van der Waals surface area contributed by atoms with E-state index in [1.165, 1.54) is 0 Å². The number of likely N-dealkylation sites (tertiary alicyclic amines) is 1. The minimum absolute atomic E-state index is 0.190. The van der Waals surface area contributed by atoms with E-state index in [1.54, 1.807) is 0 Å². The molecule has 0 bridgehead atoms. The Morgan fingerprint density at radius 1 is 1.39 bits per heavy atom. The Labute approximate surface area is 106 Å². The number of nitrogens with zero attached hydrogens (tertiary/aromatic N) is 3. The SMILES string of the molecule is CNCc1nnc(NCCC(=O)N2CCCC2)o1. The van der Waals surface area contributed by atoms with Gasteiger partial charge in [0, 0.05) is 26.1 Å². The van der Waals surface area contributed by atoms with E-state index >= 15 is 0 Å². The summed E-state index contributed by atoms with van der Waals surface area (Å²) in [4.78, 5) is 13.7. The molecule has 2 heterocycles. The molecule has 7 heteroatoms. The summed E-state index contributed by atoms with van der Waals surface area (Å²) >= 11 is 0. The Hall–Kier alpha value is -1.63. The van der Waals surface area contributed by atoms with Crippen molar-refractivity contribution in [3.63, 3.8) is 0 Å². The first-order valence-electron chi connectivity index (χ1n) is 6.28. The minimum Gasteiger partial charge on any atom is -0.407 e. The van der Waals surface area contributed by atoms with E-state index < -0.39 is 0 Å². The maximum Gasteiger partial charge on any atom is 0.315 e. The number of rotatable bonds is 6. The van der Waals surface area contributed by atoms with Gasteiger partial charge < -0.3 is 20.0 Å². The second kappa shape index (κ2) is 6.34. The van der Waals surface area contributed by atoms with Crippen LogP contribution in [-0.2, 0) is 11.3 Å². The van der Waals surface area contributed by atoms with Crippen LogP contribution in [0.25, 0.3) is 0 Å². The van der Waals surface area contributed by atoms with Crippen LogP contribution in [0.1, 0.15) is 25.2 Å². The molecule has 1 fully saturated rings. The van der Waals surface area contributed by atoms with Crippen LogP contribution in [0.4, 0.5) is 6.01 Å². The van der Waals surface area contributed by atoms with E-state index in [1.807, 2.05) is 11.9 Å². The Balaban J connectivity index is 1.69. The van der Waals surface area contributed by atoms with Gasteiger partial charge in [0.1, 0.15) is 0 Å². The minimum atomic E-state index is 0.190. The highest BCUT2D eigenvalue weighted by Gasteiger charge is 2.17. The number of amides is 1. The molecular weight excluding hydrogens is 234 g/mol. The van der Waals surface area contributed by atoms with Crippen LogP contribution >= 0.6 is 0 Å². The van der Waals surface area contributed by atoms with Gasteiger partial charge in [-0.2, -0.15) is 0 Å². The van der Waals surface area contributed by atoms with Gasteiger partial charge in [-0.15, -0.1) is 5.10 Å². The number of aromatic nitrogens is 2. The zero-order chi connectivity index (χ0) is 12.8. The summed E-state index contributed by atoms with van der Waals surface area (Å²) < 4.78 is 5.31. The van der Waals surface area contributed by atoms with E-state index in [-0.39, 0.29) is 5.91 Å². The highest BCUT2D eigenvalue weighted by atomic mass is 16.4. The summed E-state index contributed by atoms with van der Waals surface area (Å²) in [6, 6.07) is 0.370. The van der Waals surface area contributed by atoms with Crippen LogP contribution in [0.15, 0.2) is 4.42 Å². The molecule has 1 aliphatic rings. The molecule has 0 atom stereocenters. The second-order valence-corrected chi connectivity index (χ2v) is 4.30. The van der Waals surface area contributed by atoms with E-state index in [0.717, 1.165) is 25.9 Å². The molecule has 2 N–H and O–H groups in total. The third kappa shape index (κ3) is 3.43. The summed E-state index contributed by atoms with van der Waals surface area (Å²) in [5.74, 6) is 0.723. The van der Waals surface area contributed by atoms with Crippen LogP contribution in [0.5, 0.6) is 0 Å². The number of nitrogens with one attached hydrogen (secondary N) is 2. The molecule has 0 saturated carbocycles. The Kier molecular flexibility index (Phi) is 4.52. The van der Waals surface area contributed by atoms with Crippen LogP contribution < -0.4 is 10.6 Å². The zero-order valence-corrected chi connectivity index (χ0v) is 10.6. The molecule has 1 aromatic heterocycles. The average molecular weight is 253 g/mol. The zero-order valence-electron chi connectivity index (χ0n) is 10.6. The molecule has 7 nitrogen and oxygen atoms in total. The smallest absolute Gasteiger partial charge is 0.315 e. The molecule has 0 spiro atoms. The number of hydrogen-bond donors (Lipinski definition) is 2. The first kappa shape index (κ1) is 12.8. The van der Waals surface area contributed by atoms with Crippen molar-refractivity contribution in [1.82, 2.24) is 20.4 Å². The number of carbonyl (C=O) groups is 1. The predicted molar refractivity (Wildman–Crippen MR) is 66.0 cm³/mol. The highest BCUT2D eigenvalue weighted by molar-refractivity contribution is 5.76. The fraction of sp³-hybridized carbons (Fsp3) is 0.727. The van der Waals surface area contributed by atoms with Crippen molar-refractivity contribution in [1.29, 1.82) is 0 Å². The third-order valence-electron chi connectivity index (χ3n) is 2.87. The molecule has 0 radical (unpaired) electrons. The first-order chi connectivity index (χ1) is 8.79. The van der Waals surface area contributed by atoms with E-state index in [4.69, 9.17) is 4.42 Å². The standard InChI is InChI=1S/C11H19N5O2/c1-12-8-9-14-15-11(18-9)13-5-4-10(17)16-6-2-3-7-16/h12H,2-8H2,1H3,(H,13,15). The lowest BCUT2D eigenvalue weighted by atomic mass is 10.3. The molecule has 0 aromatic carbocycles. The van der Waals surface area contributed by atoms with E-state index in [0.29, 0.717) is 31.4 Å². The molecule has 0 aliphatic carbocycles. The summed E-state index contributed by atoms with van der Waals surface area (Å²) in [6.45, 7) is 2.86. The Bertz CT molecular complexity index is 387. The van der Waals surface area contributed by atoms with Crippen LogP contribution in [0, 0.1) is 0 Å². The molecule has 1 amide bonds. The van der Waals surface area contributed by atoms with E-state index in [2.05, 4.69) is 20.8 Å². The summed E-state index contributed by atoms with van der Waals surface area (Å²) in [7, 11) is 1.81. The fourth-order valence-electron chi connectivity index (χ4n) is 1.95. The van der Waals surface area contributed by atoms with Gasteiger partial charge >= 0.3 is 6.01 Å². The molecule has 0 unspecified atom stereocenters. The monoisotopic (exact) mass is 253 g/mol. The average Bonchev–Trinajstić information content (AvgIpc) is 3.00. The maximum atomic E-state index is 11.8. The van der Waals surface area contributed by atoms with Gasteiger partial charge in [-0.3, -0.25) is 4.79 Å². The topological polar surface area (TPSA) is 83.3 Å². The summed E-state index contributed by atoms with van der Waals surface area (Å²) in [5.41, 5.74) is 0. The Morgan fingerprint density at radius 3 is 2.89 bits per heavy atom. The highest BCUT2D eigenvalue weighted by Crippen LogP contribution is 2.09. The fourth-order valence-corrected chi connectivity index (χ4v) is 1.95. The van der Waals surface area contributed by atoms with Gasteiger partial charge in [0.05, 0.1) is 6.54 Å². The normalized spacial score (nSPS) is 15.1. The lowest BCUT2D eigenvalue weighted by Crippen LogP contribution is -2.29. The van der Waals surface area contributed by atoms with Crippen molar-refractivity contribution in [3.05, 3.63) is 5.89 Å². The van der Waals surface area contributed by atoms with Crippen LogP contribution in [-0.4, -0.2) is 47.7 Å². The quantitative estimate of drug-likeness (QED) is 0.754. The van der Waals surface area contributed by atoms with Gasteiger partial charge in [-0.1, -0.05) is 5.10 Å². The lowest BCUT2D eigenvalue weighted by Gasteiger charge is -2.14. The predicted octanol–water partition coefficient (Wildman–Crippen LogP) is 0.213. The summed E-state index contributed by atoms with van der Waals surface area (Å²) in [5, 5.41) is 13.6. The van der Waals surface area contributed by atoms with Gasteiger partial charge in [0.15, 0.2) is 0 Å².